The minimum Gasteiger partial charge on any atom is -0.348 e. The molecule has 0 spiro atoms. The third-order valence-electron chi connectivity index (χ3n) is 3.21. The Morgan fingerprint density at radius 1 is 1.40 bits per heavy atom. The molecule has 1 fully saturated rings. The molecule has 0 heterocycles. The van der Waals surface area contributed by atoms with Gasteiger partial charge in [0.2, 0.25) is 5.82 Å². The average Bonchev–Trinajstić information content (AvgIpc) is 2.77. The van der Waals surface area contributed by atoms with E-state index in [-0.39, 0.29) is 10.9 Å². The molecule has 20 heavy (non-hydrogen) atoms. The summed E-state index contributed by atoms with van der Waals surface area (Å²) >= 11 is 3.39. The van der Waals surface area contributed by atoms with Crippen LogP contribution in [0.5, 0.6) is 0 Å². The van der Waals surface area contributed by atoms with Gasteiger partial charge >= 0.3 is 5.69 Å². The number of nitrogens with one attached hydrogen (secondary N) is 1. The Labute approximate surface area is 121 Å². The number of alkyl halides is 1. The standard InChI is InChI=1S/C12H11BrF2N2O3/c13-8-2-1-3-9(8)16-12(18)7-4-6(14)5-10(11(7)15)17(19)20/h4-5,8-9H,1-3H2,(H,16,18). The van der Waals surface area contributed by atoms with Gasteiger partial charge in [0.1, 0.15) is 5.82 Å². The number of nitrogens with zero attached hydrogens (tertiary/aromatic N) is 1. The van der Waals surface area contributed by atoms with E-state index in [2.05, 4.69) is 21.2 Å². The molecule has 0 aromatic heterocycles. The topological polar surface area (TPSA) is 72.2 Å². The summed E-state index contributed by atoms with van der Waals surface area (Å²) in [4.78, 5) is 21.5. The van der Waals surface area contributed by atoms with Crippen molar-refractivity contribution >= 4 is 27.5 Å². The van der Waals surface area contributed by atoms with Crippen molar-refractivity contribution in [1.29, 1.82) is 0 Å². The molecule has 1 aromatic carbocycles. The van der Waals surface area contributed by atoms with Gasteiger partial charge in [-0.1, -0.05) is 22.4 Å². The van der Waals surface area contributed by atoms with Crippen molar-refractivity contribution in [2.75, 3.05) is 0 Å². The zero-order valence-electron chi connectivity index (χ0n) is 10.2. The van der Waals surface area contributed by atoms with Crippen molar-refractivity contribution in [3.05, 3.63) is 39.4 Å². The Bertz CT molecular complexity index is 568. The highest BCUT2D eigenvalue weighted by Crippen LogP contribution is 2.27. The number of carbonyl (C=O) groups excluding carboxylic acids is 1. The van der Waals surface area contributed by atoms with Crippen LogP contribution < -0.4 is 5.32 Å². The monoisotopic (exact) mass is 348 g/mol. The minimum absolute atomic E-state index is 0.0676. The van der Waals surface area contributed by atoms with Gasteiger partial charge in [-0.25, -0.2) is 4.39 Å². The Balaban J connectivity index is 2.27. The first-order valence-electron chi connectivity index (χ1n) is 5.98. The number of hydrogen-bond acceptors (Lipinski definition) is 3. The Morgan fingerprint density at radius 3 is 2.65 bits per heavy atom. The van der Waals surface area contributed by atoms with Crippen LogP contribution in [0, 0.1) is 21.7 Å². The van der Waals surface area contributed by atoms with Crippen molar-refractivity contribution in [1.82, 2.24) is 5.32 Å². The van der Waals surface area contributed by atoms with Gasteiger partial charge < -0.3 is 5.32 Å². The van der Waals surface area contributed by atoms with Gasteiger partial charge in [0.05, 0.1) is 16.6 Å². The summed E-state index contributed by atoms with van der Waals surface area (Å²) in [5.74, 6) is -3.19. The van der Waals surface area contributed by atoms with E-state index < -0.39 is 33.7 Å². The molecule has 2 rings (SSSR count). The van der Waals surface area contributed by atoms with Gasteiger partial charge in [-0.15, -0.1) is 0 Å². The molecular weight excluding hydrogens is 338 g/mol. The molecule has 0 saturated heterocycles. The fourth-order valence-electron chi connectivity index (χ4n) is 2.20. The zero-order chi connectivity index (χ0) is 14.9. The predicted octanol–water partition coefficient (Wildman–Crippen LogP) is 2.92. The maximum Gasteiger partial charge on any atom is 0.308 e. The Hall–Kier alpha value is -1.57. The smallest absolute Gasteiger partial charge is 0.308 e. The molecule has 1 saturated carbocycles. The van der Waals surface area contributed by atoms with E-state index in [4.69, 9.17) is 0 Å². The highest BCUT2D eigenvalue weighted by Gasteiger charge is 2.29. The summed E-state index contributed by atoms with van der Waals surface area (Å²) in [6.45, 7) is 0. The quantitative estimate of drug-likeness (QED) is 0.518. The number of rotatable bonds is 3. The second kappa shape index (κ2) is 5.82. The SMILES string of the molecule is O=C(NC1CCCC1Br)c1cc(F)cc([N+](=O)[O-])c1F. The fraction of sp³-hybridized carbons (Fsp3) is 0.417. The number of amides is 1. The van der Waals surface area contributed by atoms with Crippen molar-refractivity contribution in [2.45, 2.75) is 30.1 Å². The lowest BCUT2D eigenvalue weighted by Gasteiger charge is -2.16. The van der Waals surface area contributed by atoms with Crippen molar-refractivity contribution in [3.63, 3.8) is 0 Å². The van der Waals surface area contributed by atoms with Crippen LogP contribution in [0.1, 0.15) is 29.6 Å². The van der Waals surface area contributed by atoms with E-state index in [1.165, 1.54) is 0 Å². The van der Waals surface area contributed by atoms with Crippen LogP contribution in [-0.4, -0.2) is 21.7 Å². The second-order valence-electron chi connectivity index (χ2n) is 4.57. The van der Waals surface area contributed by atoms with Crippen LogP contribution in [0.3, 0.4) is 0 Å². The molecule has 1 aliphatic rings. The number of halogens is 3. The number of nitro groups is 1. The van der Waals surface area contributed by atoms with Crippen LogP contribution in [-0.2, 0) is 0 Å². The van der Waals surface area contributed by atoms with Gasteiger partial charge in [-0.3, -0.25) is 14.9 Å². The van der Waals surface area contributed by atoms with Gasteiger partial charge in [0.25, 0.3) is 5.91 Å². The molecule has 1 N–H and O–H groups in total. The van der Waals surface area contributed by atoms with E-state index in [1.807, 2.05) is 0 Å². The molecule has 1 aliphatic carbocycles. The lowest BCUT2D eigenvalue weighted by Crippen LogP contribution is -2.38. The zero-order valence-corrected chi connectivity index (χ0v) is 11.8. The molecular formula is C12H11BrF2N2O3. The highest BCUT2D eigenvalue weighted by molar-refractivity contribution is 9.09. The van der Waals surface area contributed by atoms with Crippen molar-refractivity contribution in [2.24, 2.45) is 0 Å². The van der Waals surface area contributed by atoms with Crippen LogP contribution in [0.2, 0.25) is 0 Å². The molecule has 5 nitrogen and oxygen atoms in total. The third kappa shape index (κ3) is 2.95. The molecule has 2 unspecified atom stereocenters. The normalized spacial score (nSPS) is 21.8. The molecule has 0 aliphatic heterocycles. The van der Waals surface area contributed by atoms with E-state index in [0.29, 0.717) is 12.1 Å². The van der Waals surface area contributed by atoms with Crippen LogP contribution in [0.15, 0.2) is 12.1 Å². The maximum absolute atomic E-state index is 13.8. The molecule has 2 atom stereocenters. The van der Waals surface area contributed by atoms with Gasteiger partial charge in [-0.05, 0) is 18.9 Å². The van der Waals surface area contributed by atoms with E-state index >= 15 is 0 Å². The lowest BCUT2D eigenvalue weighted by molar-refractivity contribution is -0.387. The summed E-state index contributed by atoms with van der Waals surface area (Å²) in [5, 5.41) is 13.2. The van der Waals surface area contributed by atoms with Crippen LogP contribution in [0.4, 0.5) is 14.5 Å². The summed E-state index contributed by atoms with van der Waals surface area (Å²) in [6.07, 6.45) is 2.50. The first-order valence-corrected chi connectivity index (χ1v) is 6.90. The van der Waals surface area contributed by atoms with Gasteiger partial charge in [0.15, 0.2) is 0 Å². The fourth-order valence-corrected chi connectivity index (χ4v) is 2.92. The van der Waals surface area contributed by atoms with Gasteiger partial charge in [-0.2, -0.15) is 4.39 Å². The number of carbonyl (C=O) groups is 1. The van der Waals surface area contributed by atoms with Gasteiger partial charge in [0, 0.05) is 10.9 Å². The molecule has 0 bridgehead atoms. The number of hydrogen-bond donors (Lipinski definition) is 1. The Morgan fingerprint density at radius 2 is 2.10 bits per heavy atom. The molecule has 1 aromatic rings. The first kappa shape index (κ1) is 14.8. The van der Waals surface area contributed by atoms with E-state index in [1.54, 1.807) is 0 Å². The molecule has 108 valence electrons. The summed E-state index contributed by atoms with van der Waals surface area (Å²) in [7, 11) is 0. The highest BCUT2D eigenvalue weighted by atomic mass is 79.9. The lowest BCUT2D eigenvalue weighted by atomic mass is 10.1. The summed E-state index contributed by atoms with van der Waals surface area (Å²) in [5.41, 5.74) is -1.69. The first-order chi connectivity index (χ1) is 9.40. The maximum atomic E-state index is 13.8. The molecule has 0 radical (unpaired) electrons. The molecule has 8 heteroatoms. The largest absolute Gasteiger partial charge is 0.348 e. The number of nitro benzene ring substituents is 1. The third-order valence-corrected chi connectivity index (χ3v) is 4.30. The van der Waals surface area contributed by atoms with Crippen LogP contribution in [0.25, 0.3) is 0 Å². The van der Waals surface area contributed by atoms with Crippen molar-refractivity contribution in [3.8, 4) is 0 Å². The minimum atomic E-state index is -1.32. The van der Waals surface area contributed by atoms with E-state index in [9.17, 15) is 23.7 Å². The molecule has 1 amide bonds. The van der Waals surface area contributed by atoms with Crippen molar-refractivity contribution < 1.29 is 18.5 Å². The Kier molecular flexibility index (Phi) is 4.32. The van der Waals surface area contributed by atoms with E-state index in [0.717, 1.165) is 19.3 Å². The second-order valence-corrected chi connectivity index (χ2v) is 5.75. The number of benzene rings is 1. The summed E-state index contributed by atoms with van der Waals surface area (Å²) < 4.78 is 27.1. The predicted molar refractivity (Wildman–Crippen MR) is 70.8 cm³/mol. The summed E-state index contributed by atoms with van der Waals surface area (Å²) in [6, 6.07) is 0.925. The average molecular weight is 349 g/mol. The van der Waals surface area contributed by atoms with Crippen LogP contribution >= 0.6 is 15.9 Å².